The van der Waals surface area contributed by atoms with E-state index in [0.29, 0.717) is 5.52 Å². The average molecular weight is 314 g/mol. The number of aliphatic carboxylic acids is 1. The van der Waals surface area contributed by atoms with E-state index in [9.17, 15) is 14.7 Å². The number of fused-ring (bicyclic) bond motifs is 1. The van der Waals surface area contributed by atoms with Crippen molar-refractivity contribution in [1.82, 2.24) is 20.3 Å². The van der Waals surface area contributed by atoms with Crippen molar-refractivity contribution in [3.05, 3.63) is 36.5 Å². The zero-order chi connectivity index (χ0) is 16.4. The Morgan fingerprint density at radius 1 is 1.17 bits per heavy atom. The number of nitrogens with zero attached hydrogens (tertiary/aromatic N) is 3. The van der Waals surface area contributed by atoms with E-state index in [1.165, 1.54) is 30.9 Å². The van der Waals surface area contributed by atoms with Crippen molar-refractivity contribution in [3.63, 3.8) is 0 Å². The first-order chi connectivity index (χ1) is 11.1. The second-order valence-electron chi connectivity index (χ2n) is 4.49. The van der Waals surface area contributed by atoms with Crippen LogP contribution in [0.15, 0.2) is 35.3 Å². The van der Waals surface area contributed by atoms with Gasteiger partial charge in [-0.25, -0.2) is 4.98 Å². The SMILES string of the molecule is O=C(O)CNC(=O)c1c(O)c(-c2ncco2)cc2nccnc12. The highest BCUT2D eigenvalue weighted by atomic mass is 16.4. The van der Waals surface area contributed by atoms with Crippen LogP contribution in [0.5, 0.6) is 5.75 Å². The quantitative estimate of drug-likeness (QED) is 0.643. The molecule has 0 aliphatic rings. The summed E-state index contributed by atoms with van der Waals surface area (Å²) in [7, 11) is 0. The molecule has 1 aromatic carbocycles. The summed E-state index contributed by atoms with van der Waals surface area (Å²) in [4.78, 5) is 34.9. The summed E-state index contributed by atoms with van der Waals surface area (Å²) in [6.45, 7) is -0.594. The Morgan fingerprint density at radius 2 is 1.96 bits per heavy atom. The number of oxazole rings is 1. The maximum absolute atomic E-state index is 12.3. The predicted molar refractivity (Wildman–Crippen MR) is 76.7 cm³/mol. The molecule has 2 heterocycles. The van der Waals surface area contributed by atoms with E-state index in [0.717, 1.165) is 0 Å². The number of phenolic OH excluding ortho intramolecular Hbond substituents is 1. The molecule has 2 aromatic heterocycles. The van der Waals surface area contributed by atoms with E-state index in [1.807, 2.05) is 0 Å². The fraction of sp³-hybridized carbons (Fsp3) is 0.0714. The van der Waals surface area contributed by atoms with Crippen LogP contribution in [0.1, 0.15) is 10.4 Å². The van der Waals surface area contributed by atoms with Crippen molar-refractivity contribution in [3.8, 4) is 17.2 Å². The zero-order valence-electron chi connectivity index (χ0n) is 11.6. The second kappa shape index (κ2) is 5.72. The Kier molecular flexibility index (Phi) is 3.59. The maximum Gasteiger partial charge on any atom is 0.322 e. The Morgan fingerprint density at radius 3 is 2.65 bits per heavy atom. The summed E-state index contributed by atoms with van der Waals surface area (Å²) in [6.07, 6.45) is 5.50. The first-order valence-corrected chi connectivity index (χ1v) is 6.44. The highest BCUT2D eigenvalue weighted by molar-refractivity contribution is 6.10. The number of carbonyl (C=O) groups is 2. The van der Waals surface area contributed by atoms with Crippen molar-refractivity contribution < 1.29 is 24.2 Å². The summed E-state index contributed by atoms with van der Waals surface area (Å²) in [5, 5.41) is 21.3. The molecule has 23 heavy (non-hydrogen) atoms. The van der Waals surface area contributed by atoms with E-state index in [2.05, 4.69) is 20.3 Å². The van der Waals surface area contributed by atoms with E-state index < -0.39 is 24.2 Å². The minimum atomic E-state index is -1.21. The van der Waals surface area contributed by atoms with Gasteiger partial charge < -0.3 is 19.9 Å². The van der Waals surface area contributed by atoms with Gasteiger partial charge in [0, 0.05) is 12.4 Å². The van der Waals surface area contributed by atoms with Gasteiger partial charge >= 0.3 is 5.97 Å². The maximum atomic E-state index is 12.3. The third-order valence-electron chi connectivity index (χ3n) is 3.03. The molecule has 0 atom stereocenters. The number of aromatic hydroxyl groups is 1. The minimum Gasteiger partial charge on any atom is -0.506 e. The number of carboxylic acid groups (broad SMARTS) is 1. The number of aromatic nitrogens is 3. The molecular formula is C14H10N4O5. The summed E-state index contributed by atoms with van der Waals surface area (Å²) >= 11 is 0. The molecule has 0 unspecified atom stereocenters. The van der Waals surface area contributed by atoms with E-state index >= 15 is 0 Å². The Bertz CT molecular complexity index is 892. The van der Waals surface area contributed by atoms with Crippen LogP contribution in [0.3, 0.4) is 0 Å². The van der Waals surface area contributed by atoms with Gasteiger partial charge in [0.05, 0.1) is 17.3 Å². The molecule has 0 fully saturated rings. The van der Waals surface area contributed by atoms with Gasteiger partial charge in [-0.2, -0.15) is 0 Å². The Balaban J connectivity index is 2.19. The van der Waals surface area contributed by atoms with Crippen LogP contribution < -0.4 is 5.32 Å². The molecule has 0 aliphatic carbocycles. The number of benzene rings is 1. The van der Waals surface area contributed by atoms with Crippen molar-refractivity contribution >= 4 is 22.9 Å². The Labute approximate surface area is 128 Å². The minimum absolute atomic E-state index is 0.0994. The number of carboxylic acids is 1. The van der Waals surface area contributed by atoms with E-state index in [-0.39, 0.29) is 22.5 Å². The van der Waals surface area contributed by atoms with Gasteiger partial charge in [0.15, 0.2) is 0 Å². The fourth-order valence-electron chi connectivity index (χ4n) is 2.08. The van der Waals surface area contributed by atoms with Crippen LogP contribution in [-0.4, -0.2) is 43.6 Å². The lowest BCUT2D eigenvalue weighted by molar-refractivity contribution is -0.135. The van der Waals surface area contributed by atoms with Crippen molar-refractivity contribution in [2.75, 3.05) is 6.54 Å². The number of rotatable bonds is 4. The molecule has 9 nitrogen and oxygen atoms in total. The predicted octanol–water partition coefficient (Wildman–Crippen LogP) is 0.805. The van der Waals surface area contributed by atoms with Crippen LogP contribution in [0.2, 0.25) is 0 Å². The van der Waals surface area contributed by atoms with Crippen LogP contribution in [0.25, 0.3) is 22.5 Å². The molecule has 9 heteroatoms. The number of carbonyl (C=O) groups excluding carboxylic acids is 1. The zero-order valence-corrected chi connectivity index (χ0v) is 11.6. The summed E-state index contributed by atoms with van der Waals surface area (Å²) < 4.78 is 5.14. The highest BCUT2D eigenvalue weighted by Crippen LogP contribution is 2.35. The Hall–Kier alpha value is -3.49. The average Bonchev–Trinajstić information content (AvgIpc) is 3.06. The van der Waals surface area contributed by atoms with Crippen molar-refractivity contribution in [2.45, 2.75) is 0 Å². The van der Waals surface area contributed by atoms with Crippen LogP contribution in [-0.2, 0) is 4.79 Å². The molecule has 0 aliphatic heterocycles. The molecule has 0 spiro atoms. The van der Waals surface area contributed by atoms with Gasteiger partial charge in [-0.3, -0.25) is 19.6 Å². The van der Waals surface area contributed by atoms with Gasteiger partial charge in [0.25, 0.3) is 5.91 Å². The number of phenols is 1. The molecule has 3 aromatic rings. The monoisotopic (exact) mass is 314 g/mol. The lowest BCUT2D eigenvalue weighted by Gasteiger charge is -2.10. The molecule has 0 radical (unpaired) electrons. The normalized spacial score (nSPS) is 10.6. The summed E-state index contributed by atoms with van der Waals surface area (Å²) in [5.74, 6) is -2.31. The topological polar surface area (TPSA) is 138 Å². The molecule has 0 saturated heterocycles. The molecule has 3 rings (SSSR count). The third kappa shape index (κ3) is 2.67. The number of nitrogens with one attached hydrogen (secondary N) is 1. The standard InChI is InChI=1S/C14H10N4O5/c19-9(20)6-18-13(22)10-11-8(15-1-2-16-11)5-7(12(10)21)14-17-3-4-23-14/h1-5,21H,6H2,(H,18,22)(H,19,20). The van der Waals surface area contributed by atoms with Gasteiger partial charge in [-0.15, -0.1) is 0 Å². The van der Waals surface area contributed by atoms with Gasteiger partial charge in [0.2, 0.25) is 5.89 Å². The number of amides is 1. The van der Waals surface area contributed by atoms with E-state index in [1.54, 1.807) is 0 Å². The molecule has 0 saturated carbocycles. The van der Waals surface area contributed by atoms with Gasteiger partial charge in [-0.05, 0) is 6.07 Å². The van der Waals surface area contributed by atoms with Gasteiger partial charge in [-0.1, -0.05) is 0 Å². The first-order valence-electron chi connectivity index (χ1n) is 6.44. The largest absolute Gasteiger partial charge is 0.506 e. The third-order valence-corrected chi connectivity index (χ3v) is 3.03. The molecule has 3 N–H and O–H groups in total. The van der Waals surface area contributed by atoms with Crippen molar-refractivity contribution in [1.29, 1.82) is 0 Å². The van der Waals surface area contributed by atoms with Crippen molar-refractivity contribution in [2.24, 2.45) is 0 Å². The van der Waals surface area contributed by atoms with Crippen LogP contribution >= 0.6 is 0 Å². The fourth-order valence-corrected chi connectivity index (χ4v) is 2.08. The lowest BCUT2D eigenvalue weighted by atomic mass is 10.0. The molecule has 0 bridgehead atoms. The van der Waals surface area contributed by atoms with Gasteiger partial charge in [0.1, 0.15) is 29.6 Å². The molecular weight excluding hydrogens is 304 g/mol. The van der Waals surface area contributed by atoms with Crippen LogP contribution in [0, 0.1) is 0 Å². The first kappa shape index (κ1) is 14.4. The van der Waals surface area contributed by atoms with E-state index in [4.69, 9.17) is 9.52 Å². The number of hydrogen-bond acceptors (Lipinski definition) is 7. The summed E-state index contributed by atoms with van der Waals surface area (Å²) in [5.41, 5.74) is 0.440. The highest BCUT2D eigenvalue weighted by Gasteiger charge is 2.23. The number of hydrogen-bond donors (Lipinski definition) is 3. The second-order valence-corrected chi connectivity index (χ2v) is 4.49. The molecule has 1 amide bonds. The molecule has 116 valence electrons. The van der Waals surface area contributed by atoms with Crippen LogP contribution in [0.4, 0.5) is 0 Å². The summed E-state index contributed by atoms with van der Waals surface area (Å²) in [6, 6.07) is 1.48. The smallest absolute Gasteiger partial charge is 0.322 e. The lowest BCUT2D eigenvalue weighted by Crippen LogP contribution is -2.29.